The predicted molar refractivity (Wildman–Crippen MR) is 74.0 cm³/mol. The van der Waals surface area contributed by atoms with Gasteiger partial charge in [-0.15, -0.1) is 0 Å². The Kier molecular flexibility index (Phi) is 9.78. The van der Waals surface area contributed by atoms with Gasteiger partial charge in [-0.25, -0.2) is 9.59 Å². The predicted octanol–water partition coefficient (Wildman–Crippen LogP) is 1.96. The molecule has 25 heavy (non-hydrogen) atoms. The van der Waals surface area contributed by atoms with Crippen molar-refractivity contribution >= 4 is 11.9 Å². The van der Waals surface area contributed by atoms with Crippen molar-refractivity contribution in [1.82, 2.24) is 10.2 Å². The number of likely N-dealkylation sites (tertiary alicyclic amines) is 1. The number of carboxylic acid groups (broad SMARTS) is 2. The van der Waals surface area contributed by atoms with Gasteiger partial charge in [-0.3, -0.25) is 0 Å². The lowest BCUT2D eigenvalue weighted by Crippen LogP contribution is -2.42. The summed E-state index contributed by atoms with van der Waals surface area (Å²) in [4.78, 5) is 20.4. The van der Waals surface area contributed by atoms with Crippen molar-refractivity contribution in [1.29, 1.82) is 0 Å². The van der Waals surface area contributed by atoms with Gasteiger partial charge in [0.25, 0.3) is 0 Å². The second-order valence-electron chi connectivity index (χ2n) is 5.45. The Bertz CT molecular complexity index is 394. The van der Waals surface area contributed by atoms with Crippen LogP contribution < -0.4 is 5.32 Å². The Morgan fingerprint density at radius 2 is 1.28 bits per heavy atom. The van der Waals surface area contributed by atoms with Crippen LogP contribution in [0.4, 0.5) is 26.3 Å². The van der Waals surface area contributed by atoms with E-state index < -0.39 is 24.3 Å². The minimum Gasteiger partial charge on any atom is -0.475 e. The summed E-state index contributed by atoms with van der Waals surface area (Å²) in [6.07, 6.45) is -5.93. The summed E-state index contributed by atoms with van der Waals surface area (Å²) >= 11 is 0. The summed E-state index contributed by atoms with van der Waals surface area (Å²) in [6, 6.07) is 0. The Hall–Kier alpha value is -1.56. The Labute approximate surface area is 139 Å². The Morgan fingerprint density at radius 3 is 1.52 bits per heavy atom. The first-order chi connectivity index (χ1) is 11.3. The molecule has 12 heteroatoms. The summed E-state index contributed by atoms with van der Waals surface area (Å²) in [7, 11) is 0. The van der Waals surface area contributed by atoms with Crippen molar-refractivity contribution in [3.63, 3.8) is 0 Å². The summed E-state index contributed by atoms with van der Waals surface area (Å²) in [5, 5.41) is 17.7. The second kappa shape index (κ2) is 10.4. The van der Waals surface area contributed by atoms with Gasteiger partial charge in [-0.2, -0.15) is 26.3 Å². The van der Waals surface area contributed by atoms with E-state index in [0.717, 1.165) is 5.92 Å². The van der Waals surface area contributed by atoms with Crippen molar-refractivity contribution in [2.24, 2.45) is 5.92 Å². The van der Waals surface area contributed by atoms with Crippen molar-refractivity contribution in [2.75, 3.05) is 32.7 Å². The zero-order valence-corrected chi connectivity index (χ0v) is 13.2. The SMILES string of the molecule is C1CN(CC2CCNCC2)C1.O=C(O)C(F)(F)F.O=C(O)C(F)(F)F. The first-order valence-electron chi connectivity index (χ1n) is 7.37. The summed E-state index contributed by atoms with van der Waals surface area (Å²) < 4.78 is 63.5. The van der Waals surface area contributed by atoms with Gasteiger partial charge in [0, 0.05) is 6.54 Å². The zero-order chi connectivity index (χ0) is 19.7. The van der Waals surface area contributed by atoms with Gasteiger partial charge in [0.2, 0.25) is 0 Å². The fourth-order valence-corrected chi connectivity index (χ4v) is 1.99. The molecule has 2 aliphatic rings. The Morgan fingerprint density at radius 1 is 0.920 bits per heavy atom. The maximum absolute atomic E-state index is 10.6. The lowest BCUT2D eigenvalue weighted by Gasteiger charge is -2.35. The molecule has 0 radical (unpaired) electrons. The molecule has 0 spiro atoms. The normalized spacial score (nSPS) is 18.8. The van der Waals surface area contributed by atoms with Crippen LogP contribution >= 0.6 is 0 Å². The largest absolute Gasteiger partial charge is 0.490 e. The minimum absolute atomic E-state index is 0.997. The third-order valence-electron chi connectivity index (χ3n) is 3.41. The van der Waals surface area contributed by atoms with Crippen molar-refractivity contribution in [3.05, 3.63) is 0 Å². The number of rotatable bonds is 2. The molecule has 2 saturated heterocycles. The molecule has 148 valence electrons. The van der Waals surface area contributed by atoms with Crippen LogP contribution in [0.2, 0.25) is 0 Å². The highest BCUT2D eigenvalue weighted by Crippen LogP contribution is 2.16. The van der Waals surface area contributed by atoms with E-state index in [1.165, 1.54) is 52.0 Å². The van der Waals surface area contributed by atoms with E-state index in [2.05, 4.69) is 10.2 Å². The molecular weight excluding hydrogens is 362 g/mol. The van der Waals surface area contributed by atoms with Crippen LogP contribution in [0.25, 0.3) is 0 Å². The van der Waals surface area contributed by atoms with Crippen LogP contribution in [-0.4, -0.2) is 72.1 Å². The molecule has 0 atom stereocenters. The van der Waals surface area contributed by atoms with Crippen LogP contribution in [0.1, 0.15) is 19.3 Å². The Balaban J connectivity index is 0.000000366. The minimum atomic E-state index is -5.08. The topological polar surface area (TPSA) is 89.9 Å². The lowest BCUT2D eigenvalue weighted by atomic mass is 9.96. The molecule has 0 aromatic heterocycles. The molecule has 2 aliphatic heterocycles. The number of hydrogen-bond donors (Lipinski definition) is 3. The molecule has 3 N–H and O–H groups in total. The molecule has 0 amide bonds. The molecule has 0 aliphatic carbocycles. The number of halogens is 6. The third-order valence-corrected chi connectivity index (χ3v) is 3.41. The highest BCUT2D eigenvalue weighted by atomic mass is 19.4. The molecule has 2 rings (SSSR count). The number of nitrogens with one attached hydrogen (secondary N) is 1. The van der Waals surface area contributed by atoms with Crippen molar-refractivity contribution < 1.29 is 46.1 Å². The highest BCUT2D eigenvalue weighted by Gasteiger charge is 2.38. The first-order valence-corrected chi connectivity index (χ1v) is 7.37. The maximum Gasteiger partial charge on any atom is 0.490 e. The highest BCUT2D eigenvalue weighted by molar-refractivity contribution is 5.73. The molecule has 0 saturated carbocycles. The fraction of sp³-hybridized carbons (Fsp3) is 0.846. The van der Waals surface area contributed by atoms with E-state index in [0.29, 0.717) is 0 Å². The number of carbonyl (C=O) groups is 2. The maximum atomic E-state index is 10.6. The standard InChI is InChI=1S/C9H18N2.2C2HF3O2/c1-6-11(7-1)8-9-2-4-10-5-3-9;2*3-2(4,5)1(6)7/h9-10H,1-8H2;2*(H,6,7). The summed E-state index contributed by atoms with van der Waals surface area (Å²) in [5.41, 5.74) is 0. The zero-order valence-electron chi connectivity index (χ0n) is 13.2. The van der Waals surface area contributed by atoms with E-state index in [4.69, 9.17) is 19.8 Å². The van der Waals surface area contributed by atoms with E-state index in [1.807, 2.05) is 0 Å². The van der Waals surface area contributed by atoms with Crippen molar-refractivity contribution in [2.45, 2.75) is 31.6 Å². The van der Waals surface area contributed by atoms with E-state index in [-0.39, 0.29) is 0 Å². The van der Waals surface area contributed by atoms with E-state index in [1.54, 1.807) is 0 Å². The van der Waals surface area contributed by atoms with Gasteiger partial charge in [0.05, 0.1) is 0 Å². The van der Waals surface area contributed by atoms with Crippen LogP contribution in [0.15, 0.2) is 0 Å². The number of aliphatic carboxylic acids is 2. The number of carboxylic acids is 2. The van der Waals surface area contributed by atoms with E-state index >= 15 is 0 Å². The van der Waals surface area contributed by atoms with Gasteiger partial charge in [0.1, 0.15) is 0 Å². The van der Waals surface area contributed by atoms with Crippen LogP contribution in [0.5, 0.6) is 0 Å². The average molecular weight is 382 g/mol. The van der Waals surface area contributed by atoms with Crippen LogP contribution in [-0.2, 0) is 9.59 Å². The molecular formula is C13H20F6N2O4. The quantitative estimate of drug-likeness (QED) is 0.633. The van der Waals surface area contributed by atoms with Crippen LogP contribution in [0, 0.1) is 5.92 Å². The molecule has 0 unspecified atom stereocenters. The second-order valence-corrected chi connectivity index (χ2v) is 5.45. The summed E-state index contributed by atoms with van der Waals surface area (Å²) in [5.74, 6) is -4.52. The molecule has 6 nitrogen and oxygen atoms in total. The number of alkyl halides is 6. The smallest absolute Gasteiger partial charge is 0.475 e. The molecule has 0 aromatic rings. The monoisotopic (exact) mass is 382 g/mol. The lowest BCUT2D eigenvalue weighted by molar-refractivity contribution is -0.193. The van der Waals surface area contributed by atoms with Gasteiger partial charge < -0.3 is 20.4 Å². The molecule has 2 heterocycles. The number of piperidine rings is 1. The average Bonchev–Trinajstić information content (AvgIpc) is 2.43. The number of hydrogen-bond acceptors (Lipinski definition) is 4. The van der Waals surface area contributed by atoms with Crippen LogP contribution in [0.3, 0.4) is 0 Å². The van der Waals surface area contributed by atoms with Crippen molar-refractivity contribution in [3.8, 4) is 0 Å². The van der Waals surface area contributed by atoms with Gasteiger partial charge in [-0.1, -0.05) is 0 Å². The first kappa shape index (κ1) is 23.4. The van der Waals surface area contributed by atoms with Gasteiger partial charge >= 0.3 is 24.3 Å². The summed E-state index contributed by atoms with van der Waals surface area (Å²) in [6.45, 7) is 6.60. The molecule has 0 bridgehead atoms. The molecule has 0 aromatic carbocycles. The fourth-order valence-electron chi connectivity index (χ4n) is 1.99. The third kappa shape index (κ3) is 11.6. The van der Waals surface area contributed by atoms with Gasteiger partial charge in [0.15, 0.2) is 0 Å². The number of nitrogens with zero attached hydrogens (tertiary/aromatic N) is 1. The molecule has 2 fully saturated rings. The van der Waals surface area contributed by atoms with E-state index in [9.17, 15) is 26.3 Å². The van der Waals surface area contributed by atoms with Gasteiger partial charge in [-0.05, 0) is 51.4 Å².